The molecule has 0 unspecified atom stereocenters. The molecule has 0 saturated carbocycles. The summed E-state index contributed by atoms with van der Waals surface area (Å²) in [5.41, 5.74) is 0. The van der Waals surface area contributed by atoms with Crippen LogP contribution in [0.25, 0.3) is 0 Å². The van der Waals surface area contributed by atoms with Crippen molar-refractivity contribution in [1.82, 2.24) is 20.8 Å². The predicted octanol–water partition coefficient (Wildman–Crippen LogP) is 19.7. The van der Waals surface area contributed by atoms with Gasteiger partial charge in [0, 0.05) is 25.7 Å². The number of halogens is 1. The molecule has 0 aliphatic rings. The summed E-state index contributed by atoms with van der Waals surface area (Å²) in [6.07, 6.45) is 83.6. The Kier molecular flexibility index (Phi) is 92.1. The summed E-state index contributed by atoms with van der Waals surface area (Å²) in [6, 6.07) is 0. The van der Waals surface area contributed by atoms with Crippen molar-refractivity contribution >= 4 is 55.9 Å². The van der Waals surface area contributed by atoms with Crippen molar-refractivity contribution in [1.29, 1.82) is 0 Å². The fourth-order valence-corrected chi connectivity index (χ4v) is 12.3. The van der Waals surface area contributed by atoms with E-state index in [0.717, 1.165) is 116 Å². The predicted molar refractivity (Wildman–Crippen MR) is 482 cm³/mol. The minimum atomic E-state index is -3.67. The van der Waals surface area contributed by atoms with Gasteiger partial charge in [0.2, 0.25) is 5.91 Å². The Bertz CT molecular complexity index is 2560. The number of unbranched alkanes of at least 4 members (excludes halogenated alkanes) is 44. The van der Waals surface area contributed by atoms with E-state index in [2.05, 4.69) is 80.5 Å². The number of carbonyl (C=O) groups is 6. The van der Waals surface area contributed by atoms with Crippen molar-refractivity contribution in [2.24, 2.45) is 0 Å². The van der Waals surface area contributed by atoms with E-state index in [1.807, 2.05) is 40.1 Å². The highest BCUT2D eigenvalue weighted by molar-refractivity contribution is 7.86. The first kappa shape index (κ1) is 114. The van der Waals surface area contributed by atoms with Crippen LogP contribution < -0.4 is 30.1 Å². The number of nitrogens with zero attached hydrogens (tertiary/aromatic N) is 4. The van der Waals surface area contributed by atoms with Gasteiger partial charge < -0.3 is 68.2 Å². The molecule has 0 saturated heterocycles. The molecule has 0 aliphatic carbocycles. The van der Waals surface area contributed by atoms with E-state index in [1.165, 1.54) is 231 Å². The van der Waals surface area contributed by atoms with Gasteiger partial charge in [0.15, 0.2) is 6.54 Å². The zero-order valence-electron chi connectivity index (χ0n) is 80.3. The largest absolute Gasteiger partial charge is 1.00 e. The topological polar surface area (TPSA) is 283 Å². The van der Waals surface area contributed by atoms with E-state index in [0.29, 0.717) is 69.1 Å². The lowest BCUT2D eigenvalue weighted by Crippen LogP contribution is -3.00. The Morgan fingerprint density at radius 2 is 0.526 bits per heavy atom. The van der Waals surface area contributed by atoms with Crippen LogP contribution in [-0.2, 0) is 72.1 Å². The molecule has 116 heavy (non-hydrogen) atoms. The highest BCUT2D eigenvalue weighted by Crippen LogP contribution is 2.17. The third kappa shape index (κ3) is 112. The molecule has 0 aliphatic heterocycles. The molecule has 21 nitrogen and oxygen atoms in total. The number of hydrogen-bond donors (Lipinski definition) is 2. The number of likely N-dealkylation sites (N-methyl/N-ethyl adjacent to an activating group) is 2. The second kappa shape index (κ2) is 93.5. The van der Waals surface area contributed by atoms with Gasteiger partial charge in [0.05, 0.1) is 73.5 Å². The molecule has 0 atom stereocenters. The van der Waals surface area contributed by atoms with Crippen LogP contribution in [0.3, 0.4) is 0 Å². The molecule has 5 N–H and O–H groups in total. The quantitative estimate of drug-likeness (QED) is 0.00836. The summed E-state index contributed by atoms with van der Waals surface area (Å²) in [5, 5.41) is 0. The van der Waals surface area contributed by atoms with Crippen LogP contribution in [0, 0.1) is 0 Å². The maximum absolute atomic E-state index is 13.0. The van der Waals surface area contributed by atoms with Gasteiger partial charge >= 0.3 is 29.5 Å². The van der Waals surface area contributed by atoms with E-state index >= 15 is 0 Å². The van der Waals surface area contributed by atoms with Crippen molar-refractivity contribution in [3.63, 3.8) is 0 Å². The molecular formula is C92H181IN5O16S2+. The summed E-state index contributed by atoms with van der Waals surface area (Å²) in [7, 11) is 3.89. The third-order valence-electron chi connectivity index (χ3n) is 19.1. The van der Waals surface area contributed by atoms with Crippen molar-refractivity contribution in [3.05, 3.63) is 48.6 Å². The molecule has 0 radical (unpaired) electrons. The lowest BCUT2D eigenvalue weighted by Gasteiger charge is -2.28. The summed E-state index contributed by atoms with van der Waals surface area (Å²) in [4.78, 5) is 80.1. The van der Waals surface area contributed by atoms with Crippen LogP contribution in [0.2, 0.25) is 5.65 Å². The minimum Gasteiger partial charge on any atom is -1.00 e. The second-order valence-corrected chi connectivity index (χ2v) is 35.5. The average molecular weight is 1810 g/mol. The Morgan fingerprint density at radius 3 is 0.698 bits per heavy atom. The Morgan fingerprint density at radius 1 is 0.353 bits per heavy atom. The number of amides is 2. The summed E-state index contributed by atoms with van der Waals surface area (Å²) in [6.45, 7) is 11.5. The lowest BCUT2D eigenvalue weighted by atomic mass is 10.1. The van der Waals surface area contributed by atoms with Crippen molar-refractivity contribution in [2.75, 3.05) is 121 Å². The van der Waals surface area contributed by atoms with Gasteiger partial charge in [0.1, 0.15) is 26.4 Å². The first-order chi connectivity index (χ1) is 56.7. The van der Waals surface area contributed by atoms with Crippen LogP contribution in [-0.4, -0.2) is 197 Å². The fourth-order valence-electron chi connectivity index (χ4n) is 12.3. The minimum absolute atomic E-state index is 0. The first-order valence-corrected chi connectivity index (χ1v) is 49.2. The molecule has 0 fully saturated rings. The Balaban J connectivity index is -0.000000453. The zero-order chi connectivity index (χ0) is 90.1. The van der Waals surface area contributed by atoms with Crippen molar-refractivity contribution in [2.45, 2.75) is 387 Å². The van der Waals surface area contributed by atoms with Gasteiger partial charge in [-0.05, 0) is 143 Å². The smallest absolute Gasteiger partial charge is 0.342 e. The molecule has 0 rings (SSSR count). The number of carbonyl (C=O) groups excluding carboxylic acids is 6. The second-order valence-electron chi connectivity index (χ2n) is 32.3. The number of ether oxygens (including phenoxy) is 4. The van der Waals surface area contributed by atoms with Gasteiger partial charge in [-0.2, -0.15) is 16.8 Å². The molecule has 0 aromatic heterocycles. The standard InChI is InChI=1S/C45H85N2O5.C44H82N2O5.C2H6O3S.CH4O3S.HI.H3N/c1-6-8-10-12-14-16-18-20-22-24-26-28-30-32-34-36-44(49)51-40-38-46(43(48)42-47(3,4)5)39-41-52-45(50)37-35-33-31-29-27-25-23-21-19-17-15-13-11-9-7-2;1-5-7-9-11-13-15-17-19-21-23-25-27-29-31-33-35-43(48)50-39-37-46(42(47)41-45(3)4)38-40-51-44(49)36-34-32-30-28-26-24-22-20-18-16-14-12-10-8-6-2;1-5-6(2,3)4;1-5(2,3)4;;/h20-23H,6-19,24-42H2,1-5H3;19-22H,5-18,23-41H2,1-4H3;1-2H3;1H3,(H,2,3,4);1H;1H3/q+1;;;;;/b22-20-,23-21-;21-19-,22-20-;;;;/i/hT4. The summed E-state index contributed by atoms with van der Waals surface area (Å²) < 4.78 is 95.2. The van der Waals surface area contributed by atoms with Gasteiger partial charge in [-0.25, -0.2) is 0 Å². The molecule has 0 bridgehead atoms. The number of hydrogen-bond acceptors (Lipinski definition) is 16. The maximum Gasteiger partial charge on any atom is 0.342 e. The molecule has 2 amide bonds. The van der Waals surface area contributed by atoms with Gasteiger partial charge in [0.25, 0.3) is 26.1 Å². The highest BCUT2D eigenvalue weighted by Gasteiger charge is 2.22. The number of rotatable bonds is 77. The molecule has 0 aromatic rings. The van der Waals surface area contributed by atoms with Crippen LogP contribution in [0.15, 0.2) is 48.6 Å². The summed E-state index contributed by atoms with van der Waals surface area (Å²) in [5.74, 6) is -0.931. The van der Waals surface area contributed by atoms with Gasteiger partial charge in [-0.3, -0.25) is 37.5 Å². The number of allylic oxidation sites excluding steroid dienone is 8. The molecule has 24 heteroatoms. The van der Waals surface area contributed by atoms with E-state index in [1.54, 1.807) is 9.80 Å². The van der Waals surface area contributed by atoms with Crippen LogP contribution >= 0.6 is 0 Å². The number of esters is 4. The monoisotopic (exact) mass is 1810 g/mol. The molecule has 0 heterocycles. The van der Waals surface area contributed by atoms with Crippen LogP contribution in [0.4, 0.5) is 0 Å². The third-order valence-corrected chi connectivity index (χ3v) is 19.7. The zero-order valence-corrected chi connectivity index (χ0v) is 80.1. The molecule has 0 aromatic carbocycles. The highest BCUT2D eigenvalue weighted by atomic mass is 127. The van der Waals surface area contributed by atoms with E-state index in [4.69, 9.17) is 29.1 Å². The lowest BCUT2D eigenvalue weighted by molar-refractivity contribution is -0.862. The van der Waals surface area contributed by atoms with Crippen LogP contribution in [0.5, 0.6) is 0 Å². The van der Waals surface area contributed by atoms with E-state index < -0.39 is 26.4 Å². The van der Waals surface area contributed by atoms with E-state index in [9.17, 15) is 45.6 Å². The maximum atomic E-state index is 13.0. The molecule has 688 valence electrons. The van der Waals surface area contributed by atoms with Gasteiger partial charge in [-0.15, -0.1) is 0 Å². The Labute approximate surface area is 736 Å². The number of quaternary nitrogens is 2. The fraction of sp³-hybridized carbons (Fsp3) is 0.848. The summed E-state index contributed by atoms with van der Waals surface area (Å²) >= 11 is 0. The van der Waals surface area contributed by atoms with Gasteiger partial charge in [-0.1, -0.05) is 282 Å². The van der Waals surface area contributed by atoms with Crippen molar-refractivity contribution < 1.29 is 107 Å². The van der Waals surface area contributed by atoms with Crippen molar-refractivity contribution in [3.8, 4) is 0 Å². The molecular weight excluding hydrogens is 1620 g/mol. The van der Waals surface area contributed by atoms with Crippen LogP contribution in [0.1, 0.15) is 387 Å². The first-order valence-electron chi connectivity index (χ1n) is 47.4. The van der Waals surface area contributed by atoms with E-state index in [-0.39, 0.29) is 92.6 Å². The Hall–Kier alpha value is -3.79. The normalized spacial score (nSPS) is 12.1. The average Bonchev–Trinajstić information content (AvgIpc) is 0.898. The SMILES string of the molecule is CCCCCCCC/C=C\CCCCCCCC(=O)OCCN(CCOC(=O)CCCCCCC/C=C\CCCCCCCC)C(=O)CN(C)C.CCCCCCCC/C=C\CCCCCCCC(=O)OCCN(CCOC(=O)CCCCCCC/C=C\CCCCCCCC)C(=O)C[N+](C)(C)C.COS(C)(=O)=O.CS(=O)(=O)O.[3H][N+]([3H])([3H])[3H].[I-]. The molecule has 0 spiro atoms.